The van der Waals surface area contributed by atoms with E-state index in [0.29, 0.717) is 49.9 Å². The minimum absolute atomic E-state index is 0.258. The molecule has 0 aliphatic carbocycles. The van der Waals surface area contributed by atoms with Crippen LogP contribution in [0.25, 0.3) is 0 Å². The van der Waals surface area contributed by atoms with Crippen LogP contribution in [0.3, 0.4) is 0 Å². The highest BCUT2D eigenvalue weighted by Crippen LogP contribution is 2.17. The van der Waals surface area contributed by atoms with Crippen molar-refractivity contribution in [1.29, 1.82) is 5.41 Å². The van der Waals surface area contributed by atoms with Gasteiger partial charge in [-0.25, -0.2) is 4.79 Å². The van der Waals surface area contributed by atoms with Gasteiger partial charge in [0.05, 0.1) is 6.54 Å². The van der Waals surface area contributed by atoms with Crippen LogP contribution < -0.4 is 5.56 Å². The Morgan fingerprint density at radius 1 is 1.16 bits per heavy atom. The van der Waals surface area contributed by atoms with Crippen LogP contribution in [-0.4, -0.2) is 63.6 Å². The molecule has 1 saturated heterocycles. The number of aromatic hydroxyl groups is 1. The molecule has 31 heavy (non-hydrogen) atoms. The number of hydrogen-bond donors (Lipinski definition) is 2. The summed E-state index contributed by atoms with van der Waals surface area (Å²) in [6.45, 7) is 6.20. The van der Waals surface area contributed by atoms with Gasteiger partial charge < -0.3 is 24.7 Å². The number of nitrogens with zero attached hydrogens (tertiary/aromatic N) is 3. The number of hydrogen-bond acceptors (Lipinski definition) is 6. The molecule has 1 aromatic heterocycles. The molecule has 2 heterocycles. The summed E-state index contributed by atoms with van der Waals surface area (Å²) < 4.78 is 6.78. The molecule has 166 valence electrons. The molecule has 9 heteroatoms. The number of carbonyl (C=O) groups excluding carboxylic acids is 1. The van der Waals surface area contributed by atoms with Gasteiger partial charge in [0.1, 0.15) is 5.60 Å². The van der Waals surface area contributed by atoms with Crippen LogP contribution in [0.2, 0.25) is 5.02 Å². The first kappa shape index (κ1) is 22.8. The van der Waals surface area contributed by atoms with Crippen LogP contribution in [0.5, 0.6) is 5.75 Å². The minimum Gasteiger partial charge on any atom is -0.503 e. The summed E-state index contributed by atoms with van der Waals surface area (Å²) >= 11 is 5.89. The van der Waals surface area contributed by atoms with Crippen molar-refractivity contribution < 1.29 is 14.6 Å². The molecule has 1 fully saturated rings. The first-order valence-electron chi connectivity index (χ1n) is 10.1. The fourth-order valence-corrected chi connectivity index (χ4v) is 3.41. The average molecular weight is 447 g/mol. The number of halogens is 1. The van der Waals surface area contributed by atoms with E-state index >= 15 is 0 Å². The maximum absolute atomic E-state index is 12.6. The molecule has 8 nitrogen and oxygen atoms in total. The molecular weight excluding hydrogens is 420 g/mol. The number of pyridine rings is 1. The largest absolute Gasteiger partial charge is 0.503 e. The zero-order valence-corrected chi connectivity index (χ0v) is 18.4. The third kappa shape index (κ3) is 5.86. The summed E-state index contributed by atoms with van der Waals surface area (Å²) in [5.41, 5.74) is 0.0883. The molecule has 3 rings (SSSR count). The van der Waals surface area contributed by atoms with Crippen LogP contribution in [0, 0.1) is 5.41 Å². The van der Waals surface area contributed by atoms with Crippen LogP contribution in [0.15, 0.2) is 41.3 Å². The standard InChI is InChI=1S/C22H27ClN4O4/c1-22(2,15-24)31-21(30)26-11-9-25(10-12-26)14-17-7-8-27(20(29)19(17)28)13-16-3-5-18(23)6-4-16/h3-8,15,24,28H,9-14H2,1-2H3. The van der Waals surface area contributed by atoms with Crippen LogP contribution in [-0.2, 0) is 17.8 Å². The van der Waals surface area contributed by atoms with Crippen molar-refractivity contribution >= 4 is 23.9 Å². The quantitative estimate of drug-likeness (QED) is 0.665. The summed E-state index contributed by atoms with van der Waals surface area (Å²) in [6, 6.07) is 8.95. The Hall–Kier alpha value is -2.84. The fourth-order valence-electron chi connectivity index (χ4n) is 3.29. The second-order valence-corrected chi connectivity index (χ2v) is 8.56. The number of carbonyl (C=O) groups is 1. The summed E-state index contributed by atoms with van der Waals surface area (Å²) in [4.78, 5) is 28.5. The van der Waals surface area contributed by atoms with E-state index in [1.807, 2.05) is 12.1 Å². The van der Waals surface area contributed by atoms with Crippen molar-refractivity contribution in [1.82, 2.24) is 14.4 Å². The second kappa shape index (κ2) is 9.53. The molecule has 0 saturated carbocycles. The molecule has 1 amide bonds. The zero-order valence-electron chi connectivity index (χ0n) is 17.7. The predicted octanol–water partition coefficient (Wildman–Crippen LogP) is 2.94. The number of amides is 1. The summed E-state index contributed by atoms with van der Waals surface area (Å²) in [5.74, 6) is -0.258. The van der Waals surface area contributed by atoms with Gasteiger partial charge in [-0.1, -0.05) is 23.7 Å². The number of rotatable bonds is 6. The molecule has 2 N–H and O–H groups in total. The van der Waals surface area contributed by atoms with Gasteiger partial charge in [0, 0.05) is 55.7 Å². The van der Waals surface area contributed by atoms with Gasteiger partial charge in [-0.2, -0.15) is 0 Å². The molecule has 0 radical (unpaired) electrons. The number of nitrogens with one attached hydrogen (secondary N) is 1. The van der Waals surface area contributed by atoms with E-state index in [0.717, 1.165) is 11.8 Å². The molecule has 1 aromatic carbocycles. The molecule has 0 spiro atoms. The lowest BCUT2D eigenvalue weighted by Crippen LogP contribution is -2.50. The third-order valence-corrected chi connectivity index (χ3v) is 5.46. The Kier molecular flexibility index (Phi) is 7.02. The highest BCUT2D eigenvalue weighted by atomic mass is 35.5. The Morgan fingerprint density at radius 2 is 1.81 bits per heavy atom. The van der Waals surface area contributed by atoms with E-state index in [1.54, 1.807) is 43.1 Å². The Labute approximate surface area is 186 Å². The normalized spacial score (nSPS) is 15.0. The lowest BCUT2D eigenvalue weighted by Gasteiger charge is -2.35. The van der Waals surface area contributed by atoms with Crippen LogP contribution >= 0.6 is 11.6 Å². The molecule has 0 bridgehead atoms. The molecular formula is C22H27ClN4O4. The predicted molar refractivity (Wildman–Crippen MR) is 119 cm³/mol. The van der Waals surface area contributed by atoms with Crippen molar-refractivity contribution in [2.75, 3.05) is 26.2 Å². The number of piperazine rings is 1. The van der Waals surface area contributed by atoms with Crippen molar-refractivity contribution in [3.8, 4) is 5.75 Å². The third-order valence-electron chi connectivity index (χ3n) is 5.21. The van der Waals surface area contributed by atoms with Gasteiger partial charge in [-0.15, -0.1) is 0 Å². The van der Waals surface area contributed by atoms with Gasteiger partial charge in [-0.3, -0.25) is 9.69 Å². The summed E-state index contributed by atoms with van der Waals surface area (Å²) in [7, 11) is 0. The van der Waals surface area contributed by atoms with Crippen LogP contribution in [0.4, 0.5) is 4.79 Å². The van der Waals surface area contributed by atoms with Gasteiger partial charge in [0.2, 0.25) is 0 Å². The van der Waals surface area contributed by atoms with E-state index in [-0.39, 0.29) is 5.75 Å². The summed E-state index contributed by atoms with van der Waals surface area (Å²) in [5, 5.41) is 18.4. The van der Waals surface area contributed by atoms with Crippen molar-refractivity contribution in [2.45, 2.75) is 32.5 Å². The lowest BCUT2D eigenvalue weighted by atomic mass is 10.2. The average Bonchev–Trinajstić information content (AvgIpc) is 2.75. The van der Waals surface area contributed by atoms with Crippen LogP contribution in [0.1, 0.15) is 25.0 Å². The van der Waals surface area contributed by atoms with Gasteiger partial charge >= 0.3 is 6.09 Å². The van der Waals surface area contributed by atoms with E-state index in [2.05, 4.69) is 4.90 Å². The van der Waals surface area contributed by atoms with Crippen molar-refractivity contribution in [2.24, 2.45) is 0 Å². The molecule has 0 unspecified atom stereocenters. The number of aromatic nitrogens is 1. The highest BCUT2D eigenvalue weighted by Gasteiger charge is 2.27. The topological polar surface area (TPSA) is 98.9 Å². The highest BCUT2D eigenvalue weighted by molar-refractivity contribution is 6.30. The Balaban J connectivity index is 1.59. The monoisotopic (exact) mass is 446 g/mol. The molecule has 2 aromatic rings. The van der Waals surface area contributed by atoms with E-state index in [1.165, 1.54) is 4.57 Å². The SMILES string of the molecule is CC(C)(C=N)OC(=O)N1CCN(Cc2ccn(Cc3ccc(Cl)cc3)c(=O)c2O)CC1. The second-order valence-electron chi connectivity index (χ2n) is 8.13. The Bertz CT molecular complexity index is 996. The van der Waals surface area contributed by atoms with E-state index in [4.69, 9.17) is 21.7 Å². The first-order chi connectivity index (χ1) is 14.7. The molecule has 1 aliphatic heterocycles. The van der Waals surface area contributed by atoms with Gasteiger partial charge in [-0.05, 0) is 37.6 Å². The Morgan fingerprint density at radius 3 is 2.42 bits per heavy atom. The van der Waals surface area contributed by atoms with E-state index < -0.39 is 17.3 Å². The molecule has 0 atom stereocenters. The zero-order chi connectivity index (χ0) is 22.6. The van der Waals surface area contributed by atoms with Crippen molar-refractivity contribution in [3.63, 3.8) is 0 Å². The molecule has 1 aliphatic rings. The maximum atomic E-state index is 12.6. The fraction of sp³-hybridized carbons (Fsp3) is 0.409. The minimum atomic E-state index is -0.935. The van der Waals surface area contributed by atoms with E-state index in [9.17, 15) is 14.7 Å². The first-order valence-corrected chi connectivity index (χ1v) is 10.4. The van der Waals surface area contributed by atoms with Gasteiger partial charge in [0.15, 0.2) is 5.75 Å². The maximum Gasteiger partial charge on any atom is 0.410 e. The number of ether oxygens (including phenoxy) is 1. The summed E-state index contributed by atoms with van der Waals surface area (Å²) in [6.07, 6.45) is 2.33. The number of benzene rings is 1. The smallest absolute Gasteiger partial charge is 0.410 e. The van der Waals surface area contributed by atoms with Gasteiger partial charge in [0.25, 0.3) is 5.56 Å². The lowest BCUT2D eigenvalue weighted by molar-refractivity contribution is 0.0372. The van der Waals surface area contributed by atoms with Crippen molar-refractivity contribution in [3.05, 3.63) is 63.0 Å².